The fourth-order valence-corrected chi connectivity index (χ4v) is 4.06. The van der Waals surface area contributed by atoms with E-state index in [-0.39, 0.29) is 22.0 Å². The number of rotatable bonds is 6. The van der Waals surface area contributed by atoms with Gasteiger partial charge in [-0.15, -0.1) is 0 Å². The lowest BCUT2D eigenvalue weighted by Crippen LogP contribution is -2.20. The van der Waals surface area contributed by atoms with Crippen LogP contribution in [0.3, 0.4) is 0 Å². The normalized spacial score (nSPS) is 15.6. The third-order valence-electron chi connectivity index (χ3n) is 4.07. The second-order valence-electron chi connectivity index (χ2n) is 5.96. The molecule has 0 aromatic heterocycles. The molecule has 0 bridgehead atoms. The van der Waals surface area contributed by atoms with Crippen LogP contribution < -0.4 is 4.72 Å². The molecule has 1 fully saturated rings. The van der Waals surface area contributed by atoms with Gasteiger partial charge in [0, 0.05) is 11.6 Å². The van der Waals surface area contributed by atoms with E-state index in [2.05, 4.69) is 4.72 Å². The molecule has 0 aliphatic heterocycles. The zero-order valence-electron chi connectivity index (χ0n) is 12.3. The minimum absolute atomic E-state index is 0.0388. The molecule has 0 saturated heterocycles. The van der Waals surface area contributed by atoms with Gasteiger partial charge in [0.2, 0.25) is 0 Å². The number of phenolic OH excluding ortho intramolecular Hbond substituents is 1. The third kappa shape index (κ3) is 4.32. The number of halogens is 3. The summed E-state index contributed by atoms with van der Waals surface area (Å²) in [5, 5.41) is 10.7. The molecule has 1 aliphatic rings. The van der Waals surface area contributed by atoms with Crippen molar-refractivity contribution in [2.45, 2.75) is 24.2 Å². The van der Waals surface area contributed by atoms with E-state index >= 15 is 0 Å². The van der Waals surface area contributed by atoms with Gasteiger partial charge in [-0.1, -0.05) is 35.3 Å². The van der Waals surface area contributed by atoms with E-state index in [9.17, 15) is 9.50 Å². The van der Waals surface area contributed by atoms with Gasteiger partial charge < -0.3 is 5.11 Å². The molecule has 1 saturated carbocycles. The fraction of sp³-hybridized carbons (Fsp3) is 0.294. The number of nitrogens with one attached hydrogen (secondary N) is 1. The third-order valence-corrected chi connectivity index (χ3v) is 5.40. The minimum Gasteiger partial charge on any atom is -0.505 e. The van der Waals surface area contributed by atoms with Crippen molar-refractivity contribution in [3.05, 3.63) is 57.8 Å². The monoisotopic (exact) mass is 371 g/mol. The average Bonchev–Trinajstić information content (AvgIpc) is 3.26. The van der Waals surface area contributed by atoms with Crippen LogP contribution in [0.4, 0.5) is 4.39 Å². The molecule has 0 unspecified atom stereocenters. The Labute approximate surface area is 149 Å². The van der Waals surface area contributed by atoms with Gasteiger partial charge in [0.25, 0.3) is 0 Å². The summed E-state index contributed by atoms with van der Waals surface area (Å²) in [5.74, 6) is -0.169. The average molecular weight is 372 g/mol. The first-order valence-corrected chi connectivity index (χ1v) is 8.87. The van der Waals surface area contributed by atoms with Crippen molar-refractivity contribution in [3.8, 4) is 5.75 Å². The Morgan fingerprint density at radius 3 is 2.52 bits per heavy atom. The first kappa shape index (κ1) is 16.9. The Bertz CT molecular complexity index is 704. The predicted octanol–water partition coefficient (Wildman–Crippen LogP) is 5.46. The molecule has 0 amide bonds. The van der Waals surface area contributed by atoms with E-state index in [1.54, 1.807) is 6.07 Å². The molecule has 23 heavy (non-hydrogen) atoms. The van der Waals surface area contributed by atoms with Crippen molar-refractivity contribution in [3.63, 3.8) is 0 Å². The second kappa shape index (κ2) is 6.89. The fourth-order valence-electron chi connectivity index (χ4n) is 2.52. The smallest absolute Gasteiger partial charge is 0.149 e. The van der Waals surface area contributed by atoms with E-state index in [0.717, 1.165) is 31.4 Å². The van der Waals surface area contributed by atoms with Crippen molar-refractivity contribution in [2.75, 3.05) is 6.54 Å². The van der Waals surface area contributed by atoms with Crippen LogP contribution in [0.1, 0.15) is 18.4 Å². The summed E-state index contributed by atoms with van der Waals surface area (Å²) in [6.07, 6.45) is 3.20. The van der Waals surface area contributed by atoms with Crippen LogP contribution in [0, 0.1) is 11.2 Å². The number of benzene rings is 2. The second-order valence-corrected chi connectivity index (χ2v) is 7.74. The zero-order valence-corrected chi connectivity index (χ0v) is 14.6. The number of hydrogen-bond donors (Lipinski definition) is 2. The summed E-state index contributed by atoms with van der Waals surface area (Å²) in [7, 11) is 0. The Morgan fingerprint density at radius 2 is 1.87 bits per heavy atom. The van der Waals surface area contributed by atoms with Crippen LogP contribution in [0.5, 0.6) is 5.75 Å². The van der Waals surface area contributed by atoms with E-state index in [0.29, 0.717) is 9.92 Å². The molecule has 1 aliphatic carbocycles. The van der Waals surface area contributed by atoms with Crippen LogP contribution in [-0.4, -0.2) is 11.7 Å². The molecular weight excluding hydrogens is 356 g/mol. The number of phenols is 1. The summed E-state index contributed by atoms with van der Waals surface area (Å²) in [4.78, 5) is 0.611. The van der Waals surface area contributed by atoms with Crippen LogP contribution in [0.25, 0.3) is 0 Å². The van der Waals surface area contributed by atoms with Gasteiger partial charge in [0.05, 0.1) is 9.92 Å². The highest BCUT2D eigenvalue weighted by Gasteiger charge is 2.42. The summed E-state index contributed by atoms with van der Waals surface area (Å²) in [5.41, 5.74) is 1.35. The lowest BCUT2D eigenvalue weighted by Gasteiger charge is -2.16. The van der Waals surface area contributed by atoms with Gasteiger partial charge in [-0.05, 0) is 66.5 Å². The lowest BCUT2D eigenvalue weighted by atomic mass is 9.97. The molecule has 0 heterocycles. The molecular formula is C17H16Cl2FNOS. The molecule has 3 rings (SSSR count). The van der Waals surface area contributed by atoms with Gasteiger partial charge in [-0.25, -0.2) is 4.39 Å². The van der Waals surface area contributed by atoms with Gasteiger partial charge in [-0.2, -0.15) is 0 Å². The number of hydrogen-bond acceptors (Lipinski definition) is 3. The summed E-state index contributed by atoms with van der Waals surface area (Å²) in [6.45, 7) is 0.804. The maximum atomic E-state index is 13.0. The van der Waals surface area contributed by atoms with E-state index < -0.39 is 0 Å². The van der Waals surface area contributed by atoms with Crippen molar-refractivity contribution in [1.82, 2.24) is 4.72 Å². The molecule has 2 aromatic rings. The van der Waals surface area contributed by atoms with Crippen molar-refractivity contribution in [1.29, 1.82) is 0 Å². The summed E-state index contributed by atoms with van der Waals surface area (Å²) >= 11 is 13.2. The zero-order chi connectivity index (χ0) is 16.4. The Balaban J connectivity index is 1.57. The first-order valence-electron chi connectivity index (χ1n) is 7.30. The topological polar surface area (TPSA) is 32.3 Å². The predicted molar refractivity (Wildman–Crippen MR) is 93.8 cm³/mol. The quantitative estimate of drug-likeness (QED) is 0.661. The lowest BCUT2D eigenvalue weighted by molar-refractivity contribution is 0.462. The van der Waals surface area contributed by atoms with Crippen LogP contribution >= 0.6 is 35.1 Å². The highest BCUT2D eigenvalue weighted by atomic mass is 35.5. The van der Waals surface area contributed by atoms with Crippen molar-refractivity contribution < 1.29 is 9.50 Å². The van der Waals surface area contributed by atoms with E-state index in [4.69, 9.17) is 23.2 Å². The summed E-state index contributed by atoms with van der Waals surface area (Å²) < 4.78 is 16.3. The molecule has 2 aromatic carbocycles. The molecule has 6 heteroatoms. The Kier molecular flexibility index (Phi) is 5.07. The van der Waals surface area contributed by atoms with Gasteiger partial charge >= 0.3 is 0 Å². The van der Waals surface area contributed by atoms with Crippen molar-refractivity contribution in [2.24, 2.45) is 5.41 Å². The highest BCUT2D eigenvalue weighted by molar-refractivity contribution is 7.97. The maximum Gasteiger partial charge on any atom is 0.149 e. The Morgan fingerprint density at radius 1 is 1.17 bits per heavy atom. The minimum atomic E-state index is -0.208. The van der Waals surface area contributed by atoms with Crippen LogP contribution in [-0.2, 0) is 6.42 Å². The molecule has 2 nitrogen and oxygen atoms in total. The molecule has 122 valence electrons. The SMILES string of the molecule is Oc1c(Cl)cc(Cl)cc1SNCC1(Cc2ccc(F)cc2)CC1. The maximum absolute atomic E-state index is 13.0. The van der Waals surface area contributed by atoms with Gasteiger partial charge in [0.15, 0.2) is 0 Å². The van der Waals surface area contributed by atoms with Gasteiger partial charge in [0.1, 0.15) is 11.6 Å². The number of aromatic hydroxyl groups is 1. The standard InChI is InChI=1S/C17H16Cl2FNOS/c18-12-7-14(19)16(22)15(8-12)23-21-10-17(5-6-17)9-11-1-3-13(20)4-2-11/h1-4,7-8,21-22H,5-6,9-10H2. The first-order chi connectivity index (χ1) is 11.0. The largest absolute Gasteiger partial charge is 0.505 e. The molecule has 0 atom stereocenters. The molecule has 2 N–H and O–H groups in total. The van der Waals surface area contributed by atoms with Gasteiger partial charge in [-0.3, -0.25) is 4.72 Å². The van der Waals surface area contributed by atoms with E-state index in [1.807, 2.05) is 12.1 Å². The van der Waals surface area contributed by atoms with Crippen LogP contribution in [0.2, 0.25) is 10.0 Å². The van der Waals surface area contributed by atoms with E-state index in [1.165, 1.54) is 30.1 Å². The highest BCUT2D eigenvalue weighted by Crippen LogP contribution is 2.48. The molecule has 0 spiro atoms. The molecule has 0 radical (unpaired) electrons. The Hall–Kier alpha value is -0.940. The van der Waals surface area contributed by atoms with Crippen molar-refractivity contribution >= 4 is 35.1 Å². The summed E-state index contributed by atoms with van der Waals surface area (Å²) in [6, 6.07) is 9.87. The van der Waals surface area contributed by atoms with Crippen LogP contribution in [0.15, 0.2) is 41.3 Å².